The van der Waals surface area contributed by atoms with Gasteiger partial charge in [0.05, 0.1) is 0 Å². The number of carbonyl (C=O) groups excluding carboxylic acids is 1. The van der Waals surface area contributed by atoms with Crippen molar-refractivity contribution >= 4 is 11.9 Å². The number of hydrogen-bond donors (Lipinski definition) is 1. The van der Waals surface area contributed by atoms with Crippen molar-refractivity contribution in [3.05, 3.63) is 54.4 Å². The highest BCUT2D eigenvalue weighted by Gasteiger charge is 2.26. The van der Waals surface area contributed by atoms with E-state index < -0.39 is 11.6 Å². The quantitative estimate of drug-likeness (QED) is 0.860. The Hall–Kier alpha value is -2.43. The molecule has 0 saturated carbocycles. The first-order valence-electron chi connectivity index (χ1n) is 7.24. The number of esters is 1. The second kappa shape index (κ2) is 7.02. The van der Waals surface area contributed by atoms with Crippen LogP contribution in [0.1, 0.15) is 26.3 Å². The molecule has 0 saturated heterocycles. The van der Waals surface area contributed by atoms with E-state index in [4.69, 9.17) is 4.74 Å². The highest BCUT2D eigenvalue weighted by Crippen LogP contribution is 2.13. The Kier molecular flexibility index (Phi) is 5.09. The van der Waals surface area contributed by atoms with Crippen LogP contribution in [-0.2, 0) is 16.0 Å². The molecule has 0 aliphatic heterocycles. The molecule has 0 bridgehead atoms. The molecule has 0 amide bonds. The monoisotopic (exact) mass is 299 g/mol. The van der Waals surface area contributed by atoms with E-state index in [1.807, 2.05) is 51.1 Å². The lowest BCUT2D eigenvalue weighted by atomic mass is 10.1. The van der Waals surface area contributed by atoms with Crippen LogP contribution in [0, 0.1) is 0 Å². The summed E-state index contributed by atoms with van der Waals surface area (Å²) in [5.41, 5.74) is 0.507. The maximum absolute atomic E-state index is 12.4. The van der Waals surface area contributed by atoms with Crippen molar-refractivity contribution in [3.8, 4) is 0 Å². The number of nitrogens with zero attached hydrogens (tertiary/aromatic N) is 2. The standard InChI is InChI=1S/C17H21N3O2/c1-17(2,3)22-15(21)14(12-13-8-5-4-6-9-13)20-16-18-10-7-11-19-16/h4-11,14H,12H2,1-3H3,(H,18,19,20). The molecule has 1 aromatic carbocycles. The molecular weight excluding hydrogens is 278 g/mol. The number of ether oxygens (including phenoxy) is 1. The van der Waals surface area contributed by atoms with Crippen molar-refractivity contribution in [3.63, 3.8) is 0 Å². The Morgan fingerprint density at radius 2 is 1.77 bits per heavy atom. The molecule has 2 rings (SSSR count). The molecule has 0 aliphatic carbocycles. The molecule has 2 aromatic rings. The Morgan fingerprint density at radius 3 is 2.36 bits per heavy atom. The first-order valence-corrected chi connectivity index (χ1v) is 7.24. The van der Waals surface area contributed by atoms with Gasteiger partial charge in [0.1, 0.15) is 11.6 Å². The Morgan fingerprint density at radius 1 is 1.14 bits per heavy atom. The predicted octanol–water partition coefficient (Wildman–Crippen LogP) is 2.84. The van der Waals surface area contributed by atoms with Crippen LogP contribution < -0.4 is 5.32 Å². The van der Waals surface area contributed by atoms with Crippen LogP contribution in [0.4, 0.5) is 5.95 Å². The van der Waals surface area contributed by atoms with E-state index in [2.05, 4.69) is 15.3 Å². The summed E-state index contributed by atoms with van der Waals surface area (Å²) < 4.78 is 5.49. The van der Waals surface area contributed by atoms with Gasteiger partial charge in [-0.15, -0.1) is 0 Å². The molecular formula is C17H21N3O2. The van der Waals surface area contributed by atoms with Crippen molar-refractivity contribution in [2.75, 3.05) is 5.32 Å². The summed E-state index contributed by atoms with van der Waals surface area (Å²) in [6.45, 7) is 5.55. The summed E-state index contributed by atoms with van der Waals surface area (Å²) in [7, 11) is 0. The fourth-order valence-corrected chi connectivity index (χ4v) is 1.95. The molecule has 1 atom stereocenters. The van der Waals surface area contributed by atoms with Crippen LogP contribution in [0.5, 0.6) is 0 Å². The maximum Gasteiger partial charge on any atom is 0.329 e. The Labute approximate surface area is 130 Å². The number of aromatic nitrogens is 2. The second-order valence-electron chi connectivity index (χ2n) is 5.99. The Bertz CT molecular complexity index is 553. The molecule has 22 heavy (non-hydrogen) atoms. The third kappa shape index (κ3) is 5.16. The normalized spacial score (nSPS) is 12.5. The van der Waals surface area contributed by atoms with Gasteiger partial charge in [-0.25, -0.2) is 14.8 Å². The van der Waals surface area contributed by atoms with Crippen molar-refractivity contribution in [1.82, 2.24) is 9.97 Å². The van der Waals surface area contributed by atoms with Crippen LogP contribution in [0.3, 0.4) is 0 Å². The van der Waals surface area contributed by atoms with Crippen LogP contribution in [0.25, 0.3) is 0 Å². The number of benzene rings is 1. The molecule has 0 fully saturated rings. The summed E-state index contributed by atoms with van der Waals surface area (Å²) in [4.78, 5) is 20.6. The molecule has 0 spiro atoms. The molecule has 1 unspecified atom stereocenters. The summed E-state index contributed by atoms with van der Waals surface area (Å²) in [5, 5.41) is 3.05. The highest BCUT2D eigenvalue weighted by molar-refractivity contribution is 5.79. The molecule has 0 aliphatic rings. The zero-order chi connectivity index (χ0) is 16.0. The number of hydrogen-bond acceptors (Lipinski definition) is 5. The SMILES string of the molecule is CC(C)(C)OC(=O)C(Cc1ccccc1)Nc1ncccn1. The van der Waals surface area contributed by atoms with Crippen LogP contribution in [-0.4, -0.2) is 27.6 Å². The molecule has 5 nitrogen and oxygen atoms in total. The predicted molar refractivity (Wildman–Crippen MR) is 85.4 cm³/mol. The van der Waals surface area contributed by atoms with Crippen molar-refractivity contribution in [2.45, 2.75) is 38.8 Å². The van der Waals surface area contributed by atoms with Gasteiger partial charge in [0, 0.05) is 18.8 Å². The maximum atomic E-state index is 12.4. The Balaban J connectivity index is 2.14. The molecule has 1 N–H and O–H groups in total. The van der Waals surface area contributed by atoms with Gasteiger partial charge in [-0.1, -0.05) is 30.3 Å². The largest absolute Gasteiger partial charge is 0.458 e. The summed E-state index contributed by atoms with van der Waals surface area (Å²) in [6.07, 6.45) is 3.77. The highest BCUT2D eigenvalue weighted by atomic mass is 16.6. The van der Waals surface area contributed by atoms with Gasteiger partial charge < -0.3 is 10.1 Å². The smallest absolute Gasteiger partial charge is 0.329 e. The zero-order valence-electron chi connectivity index (χ0n) is 13.1. The second-order valence-corrected chi connectivity index (χ2v) is 5.99. The van der Waals surface area contributed by atoms with E-state index in [9.17, 15) is 4.79 Å². The van der Waals surface area contributed by atoms with Gasteiger partial charge in [0.2, 0.25) is 5.95 Å². The van der Waals surface area contributed by atoms with Gasteiger partial charge in [0.15, 0.2) is 0 Å². The topological polar surface area (TPSA) is 64.1 Å². The average molecular weight is 299 g/mol. The van der Waals surface area contributed by atoms with E-state index in [1.165, 1.54) is 0 Å². The zero-order valence-corrected chi connectivity index (χ0v) is 13.1. The van der Waals surface area contributed by atoms with Gasteiger partial charge in [-0.05, 0) is 32.4 Å². The van der Waals surface area contributed by atoms with Crippen molar-refractivity contribution in [1.29, 1.82) is 0 Å². The third-order valence-corrected chi connectivity index (χ3v) is 2.84. The lowest BCUT2D eigenvalue weighted by Crippen LogP contribution is -2.38. The fourth-order valence-electron chi connectivity index (χ4n) is 1.95. The van der Waals surface area contributed by atoms with E-state index in [-0.39, 0.29) is 5.97 Å². The van der Waals surface area contributed by atoms with Gasteiger partial charge in [-0.3, -0.25) is 0 Å². The minimum atomic E-state index is -0.538. The number of rotatable bonds is 5. The van der Waals surface area contributed by atoms with Crippen LogP contribution in [0.2, 0.25) is 0 Å². The van der Waals surface area contributed by atoms with Gasteiger partial charge in [0.25, 0.3) is 0 Å². The summed E-state index contributed by atoms with van der Waals surface area (Å²) in [6, 6.07) is 11.0. The van der Waals surface area contributed by atoms with Gasteiger partial charge >= 0.3 is 5.97 Å². The number of carbonyl (C=O) groups is 1. The summed E-state index contributed by atoms with van der Waals surface area (Å²) >= 11 is 0. The number of nitrogens with one attached hydrogen (secondary N) is 1. The van der Waals surface area contributed by atoms with Crippen LogP contribution in [0.15, 0.2) is 48.8 Å². The molecule has 0 radical (unpaired) electrons. The average Bonchev–Trinajstić information content (AvgIpc) is 2.47. The molecule has 5 heteroatoms. The minimum absolute atomic E-state index is 0.316. The van der Waals surface area contributed by atoms with E-state index in [0.29, 0.717) is 12.4 Å². The van der Waals surface area contributed by atoms with Crippen molar-refractivity contribution < 1.29 is 9.53 Å². The van der Waals surface area contributed by atoms with E-state index in [1.54, 1.807) is 18.5 Å². The molecule has 116 valence electrons. The molecule has 1 aromatic heterocycles. The minimum Gasteiger partial charge on any atom is -0.458 e. The first-order chi connectivity index (χ1) is 10.4. The lowest BCUT2D eigenvalue weighted by Gasteiger charge is -2.24. The summed E-state index contributed by atoms with van der Waals surface area (Å²) in [5.74, 6) is 0.0955. The lowest BCUT2D eigenvalue weighted by molar-refractivity contribution is -0.155. The van der Waals surface area contributed by atoms with E-state index >= 15 is 0 Å². The van der Waals surface area contributed by atoms with Crippen molar-refractivity contribution in [2.24, 2.45) is 0 Å². The van der Waals surface area contributed by atoms with E-state index in [0.717, 1.165) is 5.56 Å². The third-order valence-electron chi connectivity index (χ3n) is 2.84. The first kappa shape index (κ1) is 15.9. The number of anilines is 1. The molecule has 1 heterocycles. The fraction of sp³-hybridized carbons (Fsp3) is 0.353. The van der Waals surface area contributed by atoms with Gasteiger partial charge in [-0.2, -0.15) is 0 Å². The van der Waals surface area contributed by atoms with Crippen LogP contribution >= 0.6 is 0 Å².